The van der Waals surface area contributed by atoms with Crippen molar-refractivity contribution in [3.63, 3.8) is 0 Å². The van der Waals surface area contributed by atoms with Crippen LogP contribution < -0.4 is 17.0 Å². The predicted octanol–water partition coefficient (Wildman–Crippen LogP) is -0.737. The summed E-state index contributed by atoms with van der Waals surface area (Å²) < 4.78 is 0. The second-order valence-corrected chi connectivity index (χ2v) is 5.80. The molecule has 1 aromatic heterocycles. The monoisotopic (exact) mass is 278 g/mol. The van der Waals surface area contributed by atoms with Crippen molar-refractivity contribution in [1.82, 2.24) is 14.9 Å². The van der Waals surface area contributed by atoms with Crippen molar-refractivity contribution in [2.45, 2.75) is 25.3 Å². The van der Waals surface area contributed by atoms with Crippen molar-refractivity contribution >= 4 is 5.91 Å². The zero-order valence-corrected chi connectivity index (χ0v) is 11.1. The summed E-state index contributed by atoms with van der Waals surface area (Å²) in [5.74, 6) is 0.653. The lowest BCUT2D eigenvalue weighted by molar-refractivity contribution is 0.0777. The Hall–Kier alpha value is -1.89. The molecule has 2 fully saturated rings. The van der Waals surface area contributed by atoms with Crippen LogP contribution in [0.5, 0.6) is 0 Å². The van der Waals surface area contributed by atoms with Crippen LogP contribution in [0.1, 0.15) is 29.8 Å². The Morgan fingerprint density at radius 2 is 1.95 bits per heavy atom. The second kappa shape index (κ2) is 4.90. The smallest absolute Gasteiger partial charge is 0.326 e. The number of nitrogens with zero attached hydrogens (tertiary/aromatic N) is 1. The first-order valence-electron chi connectivity index (χ1n) is 6.91. The van der Waals surface area contributed by atoms with Crippen LogP contribution in [0.3, 0.4) is 0 Å². The third-order valence-corrected chi connectivity index (χ3v) is 4.37. The van der Waals surface area contributed by atoms with E-state index in [1.807, 2.05) is 0 Å². The van der Waals surface area contributed by atoms with Gasteiger partial charge in [0, 0.05) is 25.2 Å². The second-order valence-electron chi connectivity index (χ2n) is 5.80. The summed E-state index contributed by atoms with van der Waals surface area (Å²) in [5, 5.41) is 0. The number of amides is 1. The number of rotatable bonds is 1. The van der Waals surface area contributed by atoms with Crippen molar-refractivity contribution in [2.75, 3.05) is 13.1 Å². The molecule has 1 saturated heterocycles. The molecule has 0 aromatic carbocycles. The molecule has 3 atom stereocenters. The Labute approximate surface area is 115 Å². The highest BCUT2D eigenvalue weighted by atomic mass is 16.2. The third-order valence-electron chi connectivity index (χ3n) is 4.37. The van der Waals surface area contributed by atoms with Crippen LogP contribution in [-0.4, -0.2) is 39.9 Å². The largest absolute Gasteiger partial charge is 0.337 e. The minimum atomic E-state index is -0.653. The molecule has 1 amide bonds. The van der Waals surface area contributed by atoms with E-state index in [9.17, 15) is 14.4 Å². The molecular formula is C13H18N4O3. The lowest BCUT2D eigenvalue weighted by Gasteiger charge is -2.27. The quantitative estimate of drug-likeness (QED) is 0.628. The van der Waals surface area contributed by atoms with E-state index in [4.69, 9.17) is 5.73 Å². The maximum absolute atomic E-state index is 12.3. The zero-order chi connectivity index (χ0) is 14.3. The van der Waals surface area contributed by atoms with E-state index in [0.29, 0.717) is 24.9 Å². The maximum atomic E-state index is 12.3. The summed E-state index contributed by atoms with van der Waals surface area (Å²) in [4.78, 5) is 41.0. The molecule has 0 spiro atoms. The van der Waals surface area contributed by atoms with Crippen molar-refractivity contribution in [1.29, 1.82) is 0 Å². The van der Waals surface area contributed by atoms with Crippen molar-refractivity contribution in [2.24, 2.45) is 17.6 Å². The van der Waals surface area contributed by atoms with Crippen LogP contribution in [0.15, 0.2) is 15.7 Å². The highest BCUT2D eigenvalue weighted by Crippen LogP contribution is 2.35. The molecule has 1 unspecified atom stereocenters. The fourth-order valence-corrected chi connectivity index (χ4v) is 3.39. The van der Waals surface area contributed by atoms with E-state index >= 15 is 0 Å². The van der Waals surface area contributed by atoms with E-state index in [0.717, 1.165) is 25.3 Å². The van der Waals surface area contributed by atoms with Crippen molar-refractivity contribution in [3.8, 4) is 0 Å². The molecule has 108 valence electrons. The lowest BCUT2D eigenvalue weighted by Crippen LogP contribution is -2.34. The van der Waals surface area contributed by atoms with Crippen LogP contribution >= 0.6 is 0 Å². The number of nitrogens with two attached hydrogens (primary N) is 1. The zero-order valence-electron chi connectivity index (χ0n) is 11.1. The number of carbonyl (C=O) groups excluding carboxylic acids is 1. The minimum absolute atomic E-state index is 0.0571. The van der Waals surface area contributed by atoms with Crippen molar-refractivity contribution in [3.05, 3.63) is 32.6 Å². The Bertz CT molecular complexity index is 607. The summed E-state index contributed by atoms with van der Waals surface area (Å²) in [6, 6.07) is 1.36. The number of aromatic amines is 2. The van der Waals surface area contributed by atoms with E-state index in [-0.39, 0.29) is 17.6 Å². The summed E-state index contributed by atoms with van der Waals surface area (Å²) >= 11 is 0. The van der Waals surface area contributed by atoms with Crippen LogP contribution in [0.2, 0.25) is 0 Å². The van der Waals surface area contributed by atoms with E-state index in [2.05, 4.69) is 9.97 Å². The van der Waals surface area contributed by atoms with Crippen LogP contribution in [0.4, 0.5) is 0 Å². The van der Waals surface area contributed by atoms with Gasteiger partial charge in [0.05, 0.1) is 0 Å². The molecule has 1 aliphatic heterocycles. The van der Waals surface area contributed by atoms with Gasteiger partial charge in [-0.25, -0.2) is 4.79 Å². The topological polar surface area (TPSA) is 112 Å². The van der Waals surface area contributed by atoms with Gasteiger partial charge in [0.15, 0.2) is 0 Å². The highest BCUT2D eigenvalue weighted by Gasteiger charge is 2.38. The number of hydrogen-bond donors (Lipinski definition) is 3. The molecule has 3 rings (SSSR count). The first-order chi connectivity index (χ1) is 9.52. The molecule has 0 radical (unpaired) electrons. The lowest BCUT2D eigenvalue weighted by atomic mass is 9.79. The first kappa shape index (κ1) is 13.1. The average molecular weight is 278 g/mol. The van der Waals surface area contributed by atoms with Gasteiger partial charge in [0.1, 0.15) is 5.69 Å². The van der Waals surface area contributed by atoms with Gasteiger partial charge in [-0.1, -0.05) is 0 Å². The van der Waals surface area contributed by atoms with E-state index in [1.54, 1.807) is 4.90 Å². The molecule has 1 aromatic rings. The summed E-state index contributed by atoms with van der Waals surface area (Å²) in [7, 11) is 0. The predicted molar refractivity (Wildman–Crippen MR) is 72.4 cm³/mol. The van der Waals surface area contributed by atoms with Gasteiger partial charge >= 0.3 is 5.69 Å². The molecule has 4 N–H and O–H groups in total. The molecule has 0 bridgehead atoms. The van der Waals surface area contributed by atoms with Crippen LogP contribution in [0, 0.1) is 11.8 Å². The first-order valence-corrected chi connectivity index (χ1v) is 6.91. The number of likely N-dealkylation sites (tertiary alicyclic amines) is 1. The van der Waals surface area contributed by atoms with Gasteiger partial charge in [0.2, 0.25) is 0 Å². The van der Waals surface area contributed by atoms with Gasteiger partial charge < -0.3 is 15.6 Å². The Morgan fingerprint density at radius 1 is 1.20 bits per heavy atom. The van der Waals surface area contributed by atoms with Gasteiger partial charge in [0.25, 0.3) is 11.5 Å². The molecule has 7 nitrogen and oxygen atoms in total. The van der Waals surface area contributed by atoms with Gasteiger partial charge in [-0.05, 0) is 31.1 Å². The Balaban J connectivity index is 1.78. The number of H-pyrrole nitrogens is 2. The molecule has 1 saturated carbocycles. The highest BCUT2D eigenvalue weighted by molar-refractivity contribution is 5.92. The number of aromatic nitrogens is 2. The molecule has 20 heavy (non-hydrogen) atoms. The normalized spacial score (nSPS) is 29.2. The fraction of sp³-hybridized carbons (Fsp3) is 0.615. The molecular weight excluding hydrogens is 260 g/mol. The number of nitrogens with one attached hydrogen (secondary N) is 2. The van der Waals surface area contributed by atoms with Gasteiger partial charge in [-0.3, -0.25) is 14.6 Å². The minimum Gasteiger partial charge on any atom is -0.337 e. The standard InChI is InChI=1S/C13H18N4O3/c14-9-2-1-7-5-17(6-8(7)3-9)12(19)10-4-11(18)16-13(20)15-10/h4,7-9H,1-3,5-6,14H2,(H2,15,16,18,20)/t7-,8+,9?/m1/s1. The average Bonchev–Trinajstić information content (AvgIpc) is 2.79. The maximum Gasteiger partial charge on any atom is 0.326 e. The van der Waals surface area contributed by atoms with Crippen LogP contribution in [-0.2, 0) is 0 Å². The summed E-state index contributed by atoms with van der Waals surface area (Å²) in [6.07, 6.45) is 2.99. The Kier molecular flexibility index (Phi) is 3.21. The van der Waals surface area contributed by atoms with Crippen LogP contribution in [0.25, 0.3) is 0 Å². The SMILES string of the molecule is NC1CC[C@@H]2CN(C(=O)c3cc(=O)[nH]c(=O)[nH]3)C[C@@H]2C1. The van der Waals surface area contributed by atoms with E-state index in [1.165, 1.54) is 0 Å². The number of hydrogen-bond acceptors (Lipinski definition) is 4. The number of fused-ring (bicyclic) bond motifs is 1. The van der Waals surface area contributed by atoms with Gasteiger partial charge in [-0.15, -0.1) is 0 Å². The van der Waals surface area contributed by atoms with E-state index < -0.39 is 11.2 Å². The summed E-state index contributed by atoms with van der Waals surface area (Å²) in [5.41, 5.74) is 4.81. The third kappa shape index (κ3) is 2.40. The van der Waals surface area contributed by atoms with Crippen molar-refractivity contribution < 1.29 is 4.79 Å². The summed E-state index contributed by atoms with van der Waals surface area (Å²) in [6.45, 7) is 1.34. The molecule has 1 aliphatic carbocycles. The molecule has 7 heteroatoms. The fourth-order valence-electron chi connectivity index (χ4n) is 3.39. The molecule has 2 heterocycles. The number of carbonyl (C=O) groups is 1. The Morgan fingerprint density at radius 3 is 2.70 bits per heavy atom. The van der Waals surface area contributed by atoms with Gasteiger partial charge in [-0.2, -0.15) is 0 Å². The molecule has 2 aliphatic rings.